The van der Waals surface area contributed by atoms with Crippen molar-refractivity contribution in [2.45, 2.75) is 13.1 Å². The van der Waals surface area contributed by atoms with Crippen LogP contribution in [0, 0.1) is 0 Å². The summed E-state index contributed by atoms with van der Waals surface area (Å²) >= 11 is 12.3. The molecule has 1 heterocycles. The lowest BCUT2D eigenvalue weighted by molar-refractivity contribution is 0.817. The molecule has 0 amide bonds. The lowest BCUT2D eigenvalue weighted by Gasteiger charge is -2.09. The predicted octanol–water partition coefficient (Wildman–Crippen LogP) is 4.72. The Morgan fingerprint density at radius 2 is 1.90 bits per heavy atom. The van der Waals surface area contributed by atoms with Crippen molar-refractivity contribution in [1.82, 2.24) is 9.88 Å². The van der Waals surface area contributed by atoms with E-state index in [0.29, 0.717) is 11.6 Å². The maximum atomic E-state index is 6.25. The van der Waals surface area contributed by atoms with Crippen molar-refractivity contribution >= 4 is 34.1 Å². The Balaban J connectivity index is 1.96. The van der Waals surface area contributed by atoms with Gasteiger partial charge < -0.3 is 9.88 Å². The van der Waals surface area contributed by atoms with Crippen LogP contribution in [0.4, 0.5) is 0 Å². The highest BCUT2D eigenvalue weighted by atomic mass is 35.5. The maximum absolute atomic E-state index is 6.25. The molecule has 1 aromatic heterocycles. The summed E-state index contributed by atoms with van der Waals surface area (Å²) in [5.41, 5.74) is 3.51. The van der Waals surface area contributed by atoms with E-state index in [0.717, 1.165) is 17.1 Å². The van der Waals surface area contributed by atoms with E-state index in [1.165, 1.54) is 16.5 Å². The summed E-state index contributed by atoms with van der Waals surface area (Å²) in [6.07, 6.45) is 2.09. The van der Waals surface area contributed by atoms with Gasteiger partial charge in [-0.2, -0.15) is 0 Å². The molecule has 0 fully saturated rings. The van der Waals surface area contributed by atoms with Crippen molar-refractivity contribution in [1.29, 1.82) is 0 Å². The number of nitrogens with zero attached hydrogens (tertiary/aromatic N) is 1. The second kappa shape index (κ2) is 6.10. The Hall–Kier alpha value is -1.48. The molecule has 0 atom stereocenters. The summed E-state index contributed by atoms with van der Waals surface area (Å²) in [4.78, 5) is 0. The Morgan fingerprint density at radius 1 is 1.05 bits per heavy atom. The van der Waals surface area contributed by atoms with Crippen LogP contribution in [0.3, 0.4) is 0 Å². The van der Waals surface area contributed by atoms with Crippen molar-refractivity contribution in [3.8, 4) is 0 Å². The van der Waals surface area contributed by atoms with Gasteiger partial charge in [-0.25, -0.2) is 0 Å². The van der Waals surface area contributed by atoms with Crippen molar-refractivity contribution in [2.75, 3.05) is 7.05 Å². The third-order valence-corrected chi connectivity index (χ3v) is 4.17. The average molecular weight is 319 g/mol. The molecule has 0 aliphatic rings. The highest BCUT2D eigenvalue weighted by Gasteiger charge is 2.06. The Morgan fingerprint density at radius 3 is 2.71 bits per heavy atom. The molecule has 0 saturated heterocycles. The first-order valence-corrected chi connectivity index (χ1v) is 7.59. The molecule has 21 heavy (non-hydrogen) atoms. The molecule has 3 rings (SSSR count). The molecule has 0 unspecified atom stereocenters. The van der Waals surface area contributed by atoms with Gasteiger partial charge in [-0.05, 0) is 60.0 Å². The van der Waals surface area contributed by atoms with E-state index >= 15 is 0 Å². The van der Waals surface area contributed by atoms with Crippen LogP contribution in [-0.2, 0) is 13.1 Å². The van der Waals surface area contributed by atoms with Crippen molar-refractivity contribution in [3.63, 3.8) is 0 Å². The molecule has 0 aliphatic heterocycles. The molecule has 0 aliphatic carbocycles. The topological polar surface area (TPSA) is 17.0 Å². The third kappa shape index (κ3) is 3.08. The first-order chi connectivity index (χ1) is 10.2. The van der Waals surface area contributed by atoms with Crippen LogP contribution in [0.2, 0.25) is 10.0 Å². The second-order valence-corrected chi connectivity index (χ2v) is 5.95. The fourth-order valence-corrected chi connectivity index (χ4v) is 2.92. The monoisotopic (exact) mass is 318 g/mol. The van der Waals surface area contributed by atoms with Gasteiger partial charge in [0.05, 0.1) is 0 Å². The highest BCUT2D eigenvalue weighted by molar-refractivity contribution is 6.33. The largest absolute Gasteiger partial charge is 0.343 e. The lowest BCUT2D eigenvalue weighted by Crippen LogP contribution is -2.04. The van der Waals surface area contributed by atoms with E-state index in [1.54, 1.807) is 0 Å². The maximum Gasteiger partial charge on any atom is 0.0491 e. The van der Waals surface area contributed by atoms with E-state index in [2.05, 4.69) is 40.3 Å². The van der Waals surface area contributed by atoms with Gasteiger partial charge in [-0.3, -0.25) is 0 Å². The zero-order valence-corrected chi connectivity index (χ0v) is 13.2. The molecule has 0 radical (unpaired) electrons. The molecule has 3 aromatic rings. The van der Waals surface area contributed by atoms with Crippen molar-refractivity contribution in [3.05, 3.63) is 69.8 Å². The van der Waals surface area contributed by atoms with Crippen LogP contribution in [-0.4, -0.2) is 11.6 Å². The molecular formula is C17H16Cl2N2. The molecule has 2 aromatic carbocycles. The number of hydrogen-bond donors (Lipinski definition) is 1. The van der Waals surface area contributed by atoms with Crippen molar-refractivity contribution < 1.29 is 0 Å². The van der Waals surface area contributed by atoms with E-state index in [-0.39, 0.29) is 0 Å². The average Bonchev–Trinajstić information content (AvgIpc) is 2.86. The van der Waals surface area contributed by atoms with Gasteiger partial charge >= 0.3 is 0 Å². The number of halogens is 2. The number of nitrogens with one attached hydrogen (secondary N) is 1. The normalized spacial score (nSPS) is 11.2. The lowest BCUT2D eigenvalue weighted by atomic mass is 10.1. The van der Waals surface area contributed by atoms with Gasteiger partial charge in [0.1, 0.15) is 0 Å². The molecule has 0 spiro atoms. The highest BCUT2D eigenvalue weighted by Crippen LogP contribution is 2.24. The summed E-state index contributed by atoms with van der Waals surface area (Å²) in [6, 6.07) is 14.2. The number of rotatable bonds is 4. The minimum absolute atomic E-state index is 0.710. The second-order valence-electron chi connectivity index (χ2n) is 5.10. The predicted molar refractivity (Wildman–Crippen MR) is 90.3 cm³/mol. The summed E-state index contributed by atoms with van der Waals surface area (Å²) < 4.78 is 2.19. The van der Waals surface area contributed by atoms with E-state index in [9.17, 15) is 0 Å². The molecule has 108 valence electrons. The number of benzene rings is 2. The summed E-state index contributed by atoms with van der Waals surface area (Å²) in [5, 5.41) is 5.86. The minimum atomic E-state index is 0.710. The van der Waals surface area contributed by atoms with Gasteiger partial charge in [0.25, 0.3) is 0 Å². The van der Waals surface area contributed by atoms with E-state index in [4.69, 9.17) is 23.2 Å². The molecular weight excluding hydrogens is 303 g/mol. The number of fused-ring (bicyclic) bond motifs is 1. The quantitative estimate of drug-likeness (QED) is 0.736. The SMILES string of the molecule is CNCc1ccc2c(ccn2Cc2cc(Cl)ccc2Cl)c1. The van der Waals surface area contributed by atoms with Gasteiger partial charge in [-0.1, -0.05) is 29.3 Å². The number of hydrogen-bond acceptors (Lipinski definition) is 1. The van der Waals surface area contributed by atoms with Gasteiger partial charge in [0.2, 0.25) is 0 Å². The zero-order valence-electron chi connectivity index (χ0n) is 11.7. The molecule has 4 heteroatoms. The Labute approximate surface area is 134 Å². The summed E-state index contributed by atoms with van der Waals surface area (Å²) in [5.74, 6) is 0. The Bertz CT molecular complexity index is 778. The molecule has 0 bridgehead atoms. The van der Waals surface area contributed by atoms with Crippen LogP contribution < -0.4 is 5.32 Å². The van der Waals surface area contributed by atoms with Gasteiger partial charge in [-0.15, -0.1) is 0 Å². The van der Waals surface area contributed by atoms with Gasteiger partial charge in [0.15, 0.2) is 0 Å². The minimum Gasteiger partial charge on any atom is -0.343 e. The zero-order chi connectivity index (χ0) is 14.8. The molecule has 2 nitrogen and oxygen atoms in total. The van der Waals surface area contributed by atoms with E-state index in [1.807, 2.05) is 25.2 Å². The van der Waals surface area contributed by atoms with Crippen LogP contribution in [0.5, 0.6) is 0 Å². The Kier molecular flexibility index (Phi) is 4.20. The summed E-state index contributed by atoms with van der Waals surface area (Å²) in [6.45, 7) is 1.59. The number of aromatic nitrogens is 1. The first kappa shape index (κ1) is 14.5. The standard InChI is InChI=1S/C17H16Cl2N2/c1-20-10-12-2-5-17-13(8-12)6-7-21(17)11-14-9-15(18)3-4-16(14)19/h2-9,20H,10-11H2,1H3. The summed E-state index contributed by atoms with van der Waals surface area (Å²) in [7, 11) is 1.95. The van der Waals surface area contributed by atoms with Crippen LogP contribution in [0.25, 0.3) is 10.9 Å². The fraction of sp³-hybridized carbons (Fsp3) is 0.176. The molecule has 1 N–H and O–H groups in total. The van der Waals surface area contributed by atoms with Crippen LogP contribution in [0.1, 0.15) is 11.1 Å². The third-order valence-electron chi connectivity index (χ3n) is 3.56. The fourth-order valence-electron chi connectivity index (χ4n) is 2.55. The van der Waals surface area contributed by atoms with Gasteiger partial charge in [0, 0.05) is 34.8 Å². The van der Waals surface area contributed by atoms with E-state index < -0.39 is 0 Å². The van der Waals surface area contributed by atoms with Crippen molar-refractivity contribution in [2.24, 2.45) is 0 Å². The smallest absolute Gasteiger partial charge is 0.0491 e. The first-order valence-electron chi connectivity index (χ1n) is 6.83. The van der Waals surface area contributed by atoms with Crippen LogP contribution in [0.15, 0.2) is 48.7 Å². The molecule has 0 saturated carbocycles. The van der Waals surface area contributed by atoms with Crippen LogP contribution >= 0.6 is 23.2 Å².